The lowest BCUT2D eigenvalue weighted by molar-refractivity contribution is 0.0999. The number of amides is 2. The van der Waals surface area contributed by atoms with E-state index in [1.54, 1.807) is 48.5 Å². The number of carbonyl (C=O) groups is 2. The van der Waals surface area contributed by atoms with Crippen molar-refractivity contribution in [2.24, 2.45) is 5.73 Å². The fourth-order valence-electron chi connectivity index (χ4n) is 3.21. The van der Waals surface area contributed by atoms with E-state index in [9.17, 15) is 19.1 Å². The number of hydrogen-bond donors (Lipinski definition) is 6. The van der Waals surface area contributed by atoms with E-state index in [2.05, 4.69) is 26.1 Å². The highest BCUT2D eigenvalue weighted by Crippen LogP contribution is 2.26. The number of aromatic amines is 1. The maximum atomic E-state index is 13.3. The minimum atomic E-state index is -0.677. The second-order valence-electron chi connectivity index (χ2n) is 7.37. The van der Waals surface area contributed by atoms with Gasteiger partial charge in [-0.15, -0.1) is 0 Å². The van der Waals surface area contributed by atoms with Crippen LogP contribution in [-0.4, -0.2) is 27.1 Å². The van der Waals surface area contributed by atoms with Crippen molar-refractivity contribution in [2.75, 3.05) is 16.0 Å². The Hall–Kier alpha value is -4.86. The van der Waals surface area contributed by atoms with Crippen molar-refractivity contribution in [1.29, 1.82) is 0 Å². The summed E-state index contributed by atoms with van der Waals surface area (Å²) in [5.41, 5.74) is 7.91. The molecule has 1 aromatic heterocycles. The summed E-state index contributed by atoms with van der Waals surface area (Å²) < 4.78 is 13.3. The normalized spacial score (nSPS) is 10.5. The van der Waals surface area contributed by atoms with Crippen LogP contribution >= 0.6 is 0 Å². The first-order valence-electron chi connectivity index (χ1n) is 10.2. The first-order chi connectivity index (χ1) is 16.4. The van der Waals surface area contributed by atoms with Crippen LogP contribution in [0.15, 0.2) is 72.8 Å². The van der Waals surface area contributed by atoms with Crippen LogP contribution in [0.4, 0.5) is 27.4 Å². The Morgan fingerprint density at radius 2 is 1.71 bits per heavy atom. The molecule has 7 N–H and O–H groups in total. The minimum Gasteiger partial charge on any atom is -0.508 e. The van der Waals surface area contributed by atoms with Gasteiger partial charge in [0.15, 0.2) is 5.82 Å². The van der Waals surface area contributed by atoms with Gasteiger partial charge in [-0.05, 0) is 60.2 Å². The molecule has 2 amide bonds. The molecular weight excluding hydrogens is 439 g/mol. The molecule has 0 unspecified atom stereocenters. The molecule has 0 saturated heterocycles. The van der Waals surface area contributed by atoms with Crippen LogP contribution in [0, 0.1) is 5.82 Å². The van der Waals surface area contributed by atoms with Gasteiger partial charge in [-0.3, -0.25) is 14.7 Å². The Morgan fingerprint density at radius 1 is 1.00 bits per heavy atom. The van der Waals surface area contributed by atoms with Crippen LogP contribution in [0.3, 0.4) is 0 Å². The van der Waals surface area contributed by atoms with Gasteiger partial charge in [-0.1, -0.05) is 18.2 Å². The third kappa shape index (κ3) is 5.30. The highest BCUT2D eigenvalue weighted by Gasteiger charge is 2.18. The number of primary amides is 1. The number of rotatable bonds is 8. The minimum absolute atomic E-state index is 0.155. The summed E-state index contributed by atoms with van der Waals surface area (Å²) in [6.45, 7) is 0.377. The predicted octanol–water partition coefficient (Wildman–Crippen LogP) is 3.96. The third-order valence-electron chi connectivity index (χ3n) is 4.91. The lowest BCUT2D eigenvalue weighted by Crippen LogP contribution is -2.15. The SMILES string of the molecule is NC(=O)c1c(Nc2ccc(NC(=O)c3cccc(F)c3)cc2)n[nH]c1NCc1ccc(O)cc1. The van der Waals surface area contributed by atoms with Crippen LogP contribution in [0.5, 0.6) is 5.75 Å². The zero-order valence-electron chi connectivity index (χ0n) is 17.8. The second kappa shape index (κ2) is 9.74. The van der Waals surface area contributed by atoms with E-state index in [0.717, 1.165) is 11.6 Å². The number of phenolic OH excluding ortho intramolecular Hbond substituents is 1. The zero-order valence-corrected chi connectivity index (χ0v) is 17.8. The number of nitrogens with one attached hydrogen (secondary N) is 4. The lowest BCUT2D eigenvalue weighted by atomic mass is 10.2. The number of anilines is 4. The molecule has 0 aliphatic carbocycles. The summed E-state index contributed by atoms with van der Waals surface area (Å²) in [5, 5.41) is 25.1. The number of aromatic hydroxyl groups is 1. The molecule has 0 atom stereocenters. The summed E-state index contributed by atoms with van der Waals surface area (Å²) in [6, 6.07) is 18.7. The van der Waals surface area contributed by atoms with Gasteiger partial charge in [0, 0.05) is 23.5 Å². The van der Waals surface area contributed by atoms with Gasteiger partial charge in [-0.25, -0.2) is 4.39 Å². The topological polar surface area (TPSA) is 145 Å². The summed E-state index contributed by atoms with van der Waals surface area (Å²) in [6.07, 6.45) is 0. The molecule has 0 saturated carbocycles. The first kappa shape index (κ1) is 22.3. The fraction of sp³-hybridized carbons (Fsp3) is 0.0417. The number of phenols is 1. The first-order valence-corrected chi connectivity index (χ1v) is 10.2. The van der Waals surface area contributed by atoms with Gasteiger partial charge in [0.2, 0.25) is 0 Å². The standard InChI is InChI=1S/C24H21FN6O3/c25-16-3-1-2-15(12-16)24(34)29-18-8-6-17(7-9-18)28-23-20(21(26)33)22(30-31-23)27-13-14-4-10-19(32)11-5-14/h1-12,32H,13H2,(H2,26,33)(H,29,34)(H3,27,28,30,31). The highest BCUT2D eigenvalue weighted by atomic mass is 19.1. The smallest absolute Gasteiger partial charge is 0.256 e. The van der Waals surface area contributed by atoms with Crippen molar-refractivity contribution in [3.8, 4) is 5.75 Å². The Kier molecular flexibility index (Phi) is 6.40. The molecule has 3 aromatic carbocycles. The Morgan fingerprint density at radius 3 is 2.38 bits per heavy atom. The molecule has 0 fully saturated rings. The van der Waals surface area contributed by atoms with Crippen LogP contribution in [0.1, 0.15) is 26.3 Å². The number of H-pyrrole nitrogens is 1. The summed E-state index contributed by atoms with van der Waals surface area (Å²) >= 11 is 0. The van der Waals surface area contributed by atoms with E-state index in [1.165, 1.54) is 18.2 Å². The van der Waals surface area contributed by atoms with Gasteiger partial charge in [0.25, 0.3) is 11.8 Å². The monoisotopic (exact) mass is 460 g/mol. The van der Waals surface area contributed by atoms with Crippen molar-refractivity contribution in [3.63, 3.8) is 0 Å². The van der Waals surface area contributed by atoms with Crippen molar-refractivity contribution in [2.45, 2.75) is 6.54 Å². The number of benzene rings is 3. The Balaban J connectivity index is 1.43. The van der Waals surface area contributed by atoms with Crippen LogP contribution < -0.4 is 21.7 Å². The van der Waals surface area contributed by atoms with Gasteiger partial charge < -0.3 is 26.8 Å². The van der Waals surface area contributed by atoms with E-state index in [1.807, 2.05) is 0 Å². The average Bonchev–Trinajstić information content (AvgIpc) is 3.22. The van der Waals surface area contributed by atoms with E-state index >= 15 is 0 Å². The molecule has 0 spiro atoms. The number of hydrogen-bond acceptors (Lipinski definition) is 6. The summed E-state index contributed by atoms with van der Waals surface area (Å²) in [4.78, 5) is 24.3. The average molecular weight is 460 g/mol. The van der Waals surface area contributed by atoms with Gasteiger partial charge >= 0.3 is 0 Å². The number of carbonyl (C=O) groups excluding carboxylic acids is 2. The van der Waals surface area contributed by atoms with Crippen LogP contribution in [0.2, 0.25) is 0 Å². The maximum absolute atomic E-state index is 13.3. The van der Waals surface area contributed by atoms with Crippen molar-refractivity contribution < 1.29 is 19.1 Å². The van der Waals surface area contributed by atoms with Crippen LogP contribution in [0.25, 0.3) is 0 Å². The fourth-order valence-corrected chi connectivity index (χ4v) is 3.21. The predicted molar refractivity (Wildman–Crippen MR) is 127 cm³/mol. The van der Waals surface area contributed by atoms with Gasteiger partial charge in [0.05, 0.1) is 0 Å². The summed E-state index contributed by atoms with van der Waals surface area (Å²) in [5.74, 6) is -0.863. The molecule has 172 valence electrons. The molecule has 0 aliphatic heterocycles. The quantitative estimate of drug-likeness (QED) is 0.235. The van der Waals surface area contributed by atoms with Gasteiger partial charge in [-0.2, -0.15) is 5.10 Å². The van der Waals surface area contributed by atoms with E-state index in [4.69, 9.17) is 5.73 Å². The highest BCUT2D eigenvalue weighted by molar-refractivity contribution is 6.04. The molecule has 0 radical (unpaired) electrons. The third-order valence-corrected chi connectivity index (χ3v) is 4.91. The molecule has 34 heavy (non-hydrogen) atoms. The molecule has 0 bridgehead atoms. The Labute approximate surface area is 193 Å². The Bertz CT molecular complexity index is 1320. The van der Waals surface area contributed by atoms with Crippen molar-refractivity contribution in [1.82, 2.24) is 10.2 Å². The number of aromatic nitrogens is 2. The zero-order chi connectivity index (χ0) is 24.1. The molecule has 0 aliphatic rings. The number of nitrogens with two attached hydrogens (primary N) is 1. The van der Waals surface area contributed by atoms with E-state index < -0.39 is 17.6 Å². The molecule has 10 heteroatoms. The van der Waals surface area contributed by atoms with Crippen LogP contribution in [-0.2, 0) is 6.54 Å². The van der Waals surface area contributed by atoms with E-state index in [-0.39, 0.29) is 22.7 Å². The number of halogens is 1. The maximum Gasteiger partial charge on any atom is 0.256 e. The van der Waals surface area contributed by atoms with Crippen molar-refractivity contribution in [3.05, 3.63) is 95.3 Å². The van der Waals surface area contributed by atoms with Crippen molar-refractivity contribution >= 4 is 34.8 Å². The molecule has 4 aromatic rings. The largest absolute Gasteiger partial charge is 0.508 e. The molecular formula is C24H21FN6O3. The lowest BCUT2D eigenvalue weighted by Gasteiger charge is -2.09. The summed E-state index contributed by atoms with van der Waals surface area (Å²) in [7, 11) is 0. The van der Waals surface area contributed by atoms with E-state index in [0.29, 0.717) is 23.7 Å². The molecule has 9 nitrogen and oxygen atoms in total. The number of nitrogens with zero attached hydrogens (tertiary/aromatic N) is 1. The molecule has 1 heterocycles. The second-order valence-corrected chi connectivity index (χ2v) is 7.37. The van der Waals surface area contributed by atoms with Gasteiger partial charge in [0.1, 0.15) is 22.9 Å². The molecule has 4 rings (SSSR count).